The molecule has 106 valence electrons. The number of nitrogens with one attached hydrogen (secondary N) is 1. The Hall–Kier alpha value is -2.96. The Morgan fingerprint density at radius 1 is 1.24 bits per heavy atom. The van der Waals surface area contributed by atoms with Gasteiger partial charge in [-0.25, -0.2) is 4.68 Å². The molecule has 1 aromatic carbocycles. The molecule has 0 spiro atoms. The topological polar surface area (TPSA) is 88.8 Å². The molecule has 3 rings (SSSR count). The maximum Gasteiger partial charge on any atom is 0.143 e. The van der Waals surface area contributed by atoms with E-state index < -0.39 is 0 Å². The number of pyridine rings is 1. The standard InChI is InChI=1S/C14H14N6O/c1-10-2-3-11(6-14(10)20-9-17-18-19-20)15-7-12-4-5-13(21)8-16-12/h2-6,8-9,15,21H,7H2,1H3. The predicted octanol–water partition coefficient (Wildman–Crippen LogP) is 1.68. The number of tetrazole rings is 1. The van der Waals surface area contributed by atoms with Crippen molar-refractivity contribution in [2.24, 2.45) is 0 Å². The van der Waals surface area contributed by atoms with Gasteiger partial charge in [-0.15, -0.1) is 5.10 Å². The quantitative estimate of drug-likeness (QED) is 0.757. The van der Waals surface area contributed by atoms with Gasteiger partial charge >= 0.3 is 0 Å². The summed E-state index contributed by atoms with van der Waals surface area (Å²) in [4.78, 5) is 4.13. The van der Waals surface area contributed by atoms with Gasteiger partial charge in [0.1, 0.15) is 12.1 Å². The highest BCUT2D eigenvalue weighted by Crippen LogP contribution is 2.19. The molecular weight excluding hydrogens is 268 g/mol. The molecule has 0 radical (unpaired) electrons. The maximum absolute atomic E-state index is 9.21. The SMILES string of the molecule is Cc1ccc(NCc2ccc(O)cn2)cc1-n1cnnn1. The molecule has 0 saturated heterocycles. The van der Waals surface area contributed by atoms with Gasteiger partial charge in [0.25, 0.3) is 0 Å². The molecule has 0 saturated carbocycles. The van der Waals surface area contributed by atoms with Crippen LogP contribution in [0, 0.1) is 6.92 Å². The predicted molar refractivity (Wildman–Crippen MR) is 77.1 cm³/mol. The molecular formula is C14H14N6O. The van der Waals surface area contributed by atoms with Crippen molar-refractivity contribution in [1.82, 2.24) is 25.2 Å². The lowest BCUT2D eigenvalue weighted by Gasteiger charge is -2.10. The molecule has 7 nitrogen and oxygen atoms in total. The van der Waals surface area contributed by atoms with Crippen molar-refractivity contribution >= 4 is 5.69 Å². The molecule has 0 fully saturated rings. The number of aromatic nitrogens is 5. The van der Waals surface area contributed by atoms with Crippen molar-refractivity contribution in [3.8, 4) is 11.4 Å². The zero-order valence-corrected chi connectivity index (χ0v) is 11.4. The van der Waals surface area contributed by atoms with Gasteiger partial charge in [0, 0.05) is 5.69 Å². The van der Waals surface area contributed by atoms with Crippen molar-refractivity contribution in [2.45, 2.75) is 13.5 Å². The minimum Gasteiger partial charge on any atom is -0.506 e. The number of hydrogen-bond donors (Lipinski definition) is 2. The number of benzene rings is 1. The first-order valence-electron chi connectivity index (χ1n) is 6.44. The van der Waals surface area contributed by atoms with E-state index in [1.165, 1.54) is 6.20 Å². The summed E-state index contributed by atoms with van der Waals surface area (Å²) in [5.41, 5.74) is 3.79. The fourth-order valence-electron chi connectivity index (χ4n) is 1.95. The van der Waals surface area contributed by atoms with Crippen LogP contribution in [0.3, 0.4) is 0 Å². The van der Waals surface area contributed by atoms with Crippen LogP contribution < -0.4 is 5.32 Å². The first-order valence-corrected chi connectivity index (χ1v) is 6.44. The maximum atomic E-state index is 9.21. The average Bonchev–Trinajstić information content (AvgIpc) is 3.02. The Bertz CT molecular complexity index is 724. The average molecular weight is 282 g/mol. The molecule has 0 aliphatic carbocycles. The lowest BCUT2D eigenvalue weighted by atomic mass is 10.2. The van der Waals surface area contributed by atoms with Crippen LogP contribution in [-0.2, 0) is 6.54 Å². The Labute approximate surface area is 121 Å². The number of anilines is 1. The first-order chi connectivity index (χ1) is 10.2. The van der Waals surface area contributed by atoms with Crippen molar-refractivity contribution in [2.75, 3.05) is 5.32 Å². The first kappa shape index (κ1) is 13.0. The number of aromatic hydroxyl groups is 1. The minimum absolute atomic E-state index is 0.162. The second-order valence-electron chi connectivity index (χ2n) is 4.62. The Morgan fingerprint density at radius 3 is 2.86 bits per heavy atom. The highest BCUT2D eigenvalue weighted by atomic mass is 16.3. The van der Waals surface area contributed by atoms with Crippen LogP contribution >= 0.6 is 0 Å². The zero-order chi connectivity index (χ0) is 14.7. The van der Waals surface area contributed by atoms with Crippen molar-refractivity contribution in [3.05, 3.63) is 54.1 Å². The normalized spacial score (nSPS) is 10.5. The zero-order valence-electron chi connectivity index (χ0n) is 11.4. The third kappa shape index (κ3) is 2.97. The van der Waals surface area contributed by atoms with E-state index in [9.17, 15) is 5.11 Å². The molecule has 0 aliphatic heterocycles. The molecule has 0 bridgehead atoms. The highest BCUT2D eigenvalue weighted by molar-refractivity contribution is 5.54. The Balaban J connectivity index is 1.77. The molecule has 0 aliphatic rings. The summed E-state index contributed by atoms with van der Waals surface area (Å²) in [6.45, 7) is 2.57. The number of nitrogens with zero attached hydrogens (tertiary/aromatic N) is 5. The van der Waals surface area contributed by atoms with Crippen LogP contribution in [-0.4, -0.2) is 30.3 Å². The molecule has 0 atom stereocenters. The monoisotopic (exact) mass is 282 g/mol. The molecule has 0 amide bonds. The van der Waals surface area contributed by atoms with Gasteiger partial charge < -0.3 is 10.4 Å². The van der Waals surface area contributed by atoms with Crippen LogP contribution in [0.4, 0.5) is 5.69 Å². The minimum atomic E-state index is 0.162. The molecule has 2 heterocycles. The number of aryl methyl sites for hydroxylation is 1. The van der Waals surface area contributed by atoms with Crippen molar-refractivity contribution in [3.63, 3.8) is 0 Å². The summed E-state index contributed by atoms with van der Waals surface area (Å²) >= 11 is 0. The third-order valence-electron chi connectivity index (χ3n) is 3.09. The Morgan fingerprint density at radius 2 is 2.14 bits per heavy atom. The summed E-state index contributed by atoms with van der Waals surface area (Å²) in [6.07, 6.45) is 2.99. The molecule has 2 N–H and O–H groups in total. The van der Waals surface area contributed by atoms with Crippen LogP contribution in [0.2, 0.25) is 0 Å². The summed E-state index contributed by atoms with van der Waals surface area (Å²) in [7, 11) is 0. The van der Waals surface area contributed by atoms with E-state index in [1.807, 2.05) is 25.1 Å². The second-order valence-corrected chi connectivity index (χ2v) is 4.62. The van der Waals surface area contributed by atoms with E-state index in [2.05, 4.69) is 25.8 Å². The summed E-state index contributed by atoms with van der Waals surface area (Å²) in [5, 5.41) is 23.7. The van der Waals surface area contributed by atoms with E-state index >= 15 is 0 Å². The van der Waals surface area contributed by atoms with Gasteiger partial charge in [0.05, 0.1) is 24.1 Å². The highest BCUT2D eigenvalue weighted by Gasteiger charge is 2.04. The smallest absolute Gasteiger partial charge is 0.143 e. The van der Waals surface area contributed by atoms with Gasteiger partial charge in [-0.05, 0) is 47.2 Å². The van der Waals surface area contributed by atoms with Crippen molar-refractivity contribution in [1.29, 1.82) is 0 Å². The van der Waals surface area contributed by atoms with Gasteiger partial charge in [-0.1, -0.05) is 6.07 Å². The lowest BCUT2D eigenvalue weighted by molar-refractivity contribution is 0.472. The van der Waals surface area contributed by atoms with Crippen LogP contribution in [0.5, 0.6) is 5.75 Å². The van der Waals surface area contributed by atoms with E-state index in [1.54, 1.807) is 23.1 Å². The van der Waals surface area contributed by atoms with Gasteiger partial charge in [-0.2, -0.15) is 0 Å². The van der Waals surface area contributed by atoms with Gasteiger partial charge in [-0.3, -0.25) is 4.98 Å². The fraction of sp³-hybridized carbons (Fsp3) is 0.143. The number of hydrogen-bond acceptors (Lipinski definition) is 6. The van der Waals surface area contributed by atoms with Gasteiger partial charge in [0.2, 0.25) is 0 Å². The summed E-state index contributed by atoms with van der Waals surface area (Å²) in [6, 6.07) is 9.36. The Kier molecular flexibility index (Phi) is 3.46. The number of rotatable bonds is 4. The fourth-order valence-corrected chi connectivity index (χ4v) is 1.95. The van der Waals surface area contributed by atoms with Crippen LogP contribution in [0.1, 0.15) is 11.3 Å². The molecule has 21 heavy (non-hydrogen) atoms. The molecule has 2 aromatic heterocycles. The van der Waals surface area contributed by atoms with E-state index in [0.29, 0.717) is 6.54 Å². The molecule has 7 heteroatoms. The molecule has 3 aromatic rings. The van der Waals surface area contributed by atoms with Gasteiger partial charge in [0.15, 0.2) is 0 Å². The van der Waals surface area contributed by atoms with E-state index in [4.69, 9.17) is 0 Å². The summed E-state index contributed by atoms with van der Waals surface area (Å²) < 4.78 is 1.62. The largest absolute Gasteiger partial charge is 0.506 e. The molecule has 0 unspecified atom stereocenters. The van der Waals surface area contributed by atoms with E-state index in [0.717, 1.165) is 22.6 Å². The summed E-state index contributed by atoms with van der Waals surface area (Å²) in [5.74, 6) is 0.162. The van der Waals surface area contributed by atoms with E-state index in [-0.39, 0.29) is 5.75 Å². The lowest BCUT2D eigenvalue weighted by Crippen LogP contribution is -2.04. The van der Waals surface area contributed by atoms with Crippen molar-refractivity contribution < 1.29 is 5.11 Å². The second kappa shape index (κ2) is 5.58. The van der Waals surface area contributed by atoms with Crippen LogP contribution in [0.15, 0.2) is 42.9 Å². The van der Waals surface area contributed by atoms with Crippen LogP contribution in [0.25, 0.3) is 5.69 Å². The third-order valence-corrected chi connectivity index (χ3v) is 3.09.